The van der Waals surface area contributed by atoms with Gasteiger partial charge in [0, 0.05) is 25.6 Å². The average Bonchev–Trinajstić information content (AvgIpc) is 2.68. The zero-order valence-corrected chi connectivity index (χ0v) is 20.0. The van der Waals surface area contributed by atoms with Crippen molar-refractivity contribution in [3.63, 3.8) is 0 Å². The number of methoxy groups -OCH3 is 2. The predicted molar refractivity (Wildman–Crippen MR) is 127 cm³/mol. The summed E-state index contributed by atoms with van der Waals surface area (Å²) < 4.78 is 10.6. The van der Waals surface area contributed by atoms with Gasteiger partial charge in [0.15, 0.2) is 17.5 Å². The SMILES string of the molecule is CN=C(NCc1ccc(OC)c(OC)c1)NCC(C)(C)c1ccccc1C.I. The first-order chi connectivity index (χ1) is 12.9. The molecule has 28 heavy (non-hydrogen) atoms. The van der Waals surface area contributed by atoms with Gasteiger partial charge in [0.2, 0.25) is 0 Å². The fourth-order valence-electron chi connectivity index (χ4n) is 3.13. The van der Waals surface area contributed by atoms with Gasteiger partial charge in [0.1, 0.15) is 0 Å². The highest BCUT2D eigenvalue weighted by molar-refractivity contribution is 14.0. The fourth-order valence-corrected chi connectivity index (χ4v) is 3.13. The summed E-state index contributed by atoms with van der Waals surface area (Å²) in [7, 11) is 5.06. The lowest BCUT2D eigenvalue weighted by molar-refractivity contribution is 0.354. The Morgan fingerprint density at radius 1 is 1.00 bits per heavy atom. The first kappa shape index (κ1) is 24.1. The molecule has 0 aromatic heterocycles. The number of guanidine groups is 1. The molecule has 0 unspecified atom stereocenters. The lowest BCUT2D eigenvalue weighted by atomic mass is 9.82. The van der Waals surface area contributed by atoms with E-state index in [2.05, 4.69) is 60.7 Å². The molecule has 0 aliphatic rings. The molecule has 0 aliphatic heterocycles. The van der Waals surface area contributed by atoms with Gasteiger partial charge in [0.05, 0.1) is 14.2 Å². The van der Waals surface area contributed by atoms with E-state index in [1.54, 1.807) is 21.3 Å². The highest BCUT2D eigenvalue weighted by Gasteiger charge is 2.22. The third kappa shape index (κ3) is 6.29. The van der Waals surface area contributed by atoms with Crippen LogP contribution in [0.5, 0.6) is 11.5 Å². The van der Waals surface area contributed by atoms with Crippen molar-refractivity contribution in [3.05, 3.63) is 59.2 Å². The second kappa shape index (κ2) is 11.1. The Bertz CT molecular complexity index is 791. The predicted octanol–water partition coefficient (Wildman–Crippen LogP) is 4.27. The highest BCUT2D eigenvalue weighted by Crippen LogP contribution is 2.27. The van der Waals surface area contributed by atoms with Crippen LogP contribution in [-0.2, 0) is 12.0 Å². The van der Waals surface area contributed by atoms with E-state index in [-0.39, 0.29) is 29.4 Å². The van der Waals surface area contributed by atoms with Crippen LogP contribution in [-0.4, -0.2) is 33.8 Å². The maximum Gasteiger partial charge on any atom is 0.191 e. The number of aliphatic imine (C=N–C) groups is 1. The normalized spacial score (nSPS) is 11.4. The minimum absolute atomic E-state index is 0. The summed E-state index contributed by atoms with van der Waals surface area (Å²) >= 11 is 0. The fraction of sp³-hybridized carbons (Fsp3) is 0.409. The molecule has 0 heterocycles. The molecule has 2 N–H and O–H groups in total. The van der Waals surface area contributed by atoms with Crippen LogP contribution in [0.15, 0.2) is 47.5 Å². The third-order valence-electron chi connectivity index (χ3n) is 4.70. The number of benzene rings is 2. The Balaban J connectivity index is 0.00000392. The number of hydrogen-bond donors (Lipinski definition) is 2. The Morgan fingerprint density at radius 3 is 2.29 bits per heavy atom. The molecule has 0 saturated heterocycles. The second-order valence-electron chi connectivity index (χ2n) is 7.17. The van der Waals surface area contributed by atoms with Gasteiger partial charge in [-0.05, 0) is 35.7 Å². The monoisotopic (exact) mass is 497 g/mol. The molecule has 0 fully saturated rings. The second-order valence-corrected chi connectivity index (χ2v) is 7.17. The molecular weight excluding hydrogens is 465 g/mol. The van der Waals surface area contributed by atoms with Gasteiger partial charge in [-0.3, -0.25) is 4.99 Å². The molecule has 0 spiro atoms. The van der Waals surface area contributed by atoms with Crippen LogP contribution in [0.4, 0.5) is 0 Å². The zero-order valence-electron chi connectivity index (χ0n) is 17.6. The van der Waals surface area contributed by atoms with E-state index in [9.17, 15) is 0 Å². The van der Waals surface area contributed by atoms with Crippen molar-refractivity contribution in [2.45, 2.75) is 32.7 Å². The maximum atomic E-state index is 5.36. The van der Waals surface area contributed by atoms with E-state index in [0.29, 0.717) is 6.54 Å². The summed E-state index contributed by atoms with van der Waals surface area (Å²) in [5.74, 6) is 2.22. The van der Waals surface area contributed by atoms with Crippen molar-refractivity contribution in [2.75, 3.05) is 27.8 Å². The van der Waals surface area contributed by atoms with Gasteiger partial charge in [-0.15, -0.1) is 24.0 Å². The molecule has 0 amide bonds. The minimum atomic E-state index is -0.00764. The summed E-state index contributed by atoms with van der Waals surface area (Å²) in [4.78, 5) is 4.34. The summed E-state index contributed by atoms with van der Waals surface area (Å²) in [6.07, 6.45) is 0. The average molecular weight is 497 g/mol. The smallest absolute Gasteiger partial charge is 0.191 e. The number of halogens is 1. The summed E-state index contributed by atoms with van der Waals surface area (Å²) in [6, 6.07) is 14.4. The van der Waals surface area contributed by atoms with Crippen molar-refractivity contribution in [2.24, 2.45) is 4.99 Å². The van der Waals surface area contributed by atoms with E-state index in [0.717, 1.165) is 29.6 Å². The Hall–Kier alpha value is -1.96. The number of hydrogen-bond acceptors (Lipinski definition) is 3. The lowest BCUT2D eigenvalue weighted by Crippen LogP contribution is -2.43. The minimum Gasteiger partial charge on any atom is -0.493 e. The molecule has 0 radical (unpaired) electrons. The van der Waals surface area contributed by atoms with E-state index in [4.69, 9.17) is 9.47 Å². The van der Waals surface area contributed by atoms with Crippen molar-refractivity contribution in [1.29, 1.82) is 0 Å². The van der Waals surface area contributed by atoms with Crippen molar-refractivity contribution < 1.29 is 9.47 Å². The van der Waals surface area contributed by atoms with Crippen LogP contribution in [0.2, 0.25) is 0 Å². The topological polar surface area (TPSA) is 54.9 Å². The molecule has 0 atom stereocenters. The molecule has 0 saturated carbocycles. The molecule has 2 rings (SSSR count). The van der Waals surface area contributed by atoms with E-state index in [1.165, 1.54) is 11.1 Å². The lowest BCUT2D eigenvalue weighted by Gasteiger charge is -2.28. The van der Waals surface area contributed by atoms with Crippen molar-refractivity contribution >= 4 is 29.9 Å². The molecule has 154 valence electrons. The van der Waals surface area contributed by atoms with Gasteiger partial charge >= 0.3 is 0 Å². The first-order valence-electron chi connectivity index (χ1n) is 9.13. The van der Waals surface area contributed by atoms with Gasteiger partial charge in [-0.1, -0.05) is 44.2 Å². The van der Waals surface area contributed by atoms with E-state index >= 15 is 0 Å². The number of nitrogens with one attached hydrogen (secondary N) is 2. The van der Waals surface area contributed by atoms with Gasteiger partial charge in [0.25, 0.3) is 0 Å². The number of rotatable bonds is 7. The van der Waals surface area contributed by atoms with Crippen LogP contribution in [0.1, 0.15) is 30.5 Å². The Kier molecular flexibility index (Phi) is 9.58. The molecular formula is C22H32IN3O2. The van der Waals surface area contributed by atoms with Gasteiger partial charge in [-0.2, -0.15) is 0 Å². The molecule has 2 aromatic carbocycles. The summed E-state index contributed by atoms with van der Waals surface area (Å²) in [5, 5.41) is 6.80. The standard InChI is InChI=1S/C22H31N3O2.HI/c1-16-9-7-8-10-18(16)22(2,3)15-25-21(23-4)24-14-17-11-12-19(26-5)20(13-17)27-6;/h7-13H,14-15H2,1-6H3,(H2,23,24,25);1H. The highest BCUT2D eigenvalue weighted by atomic mass is 127. The molecule has 0 aliphatic carbocycles. The maximum absolute atomic E-state index is 5.36. The summed E-state index contributed by atoms with van der Waals surface area (Å²) in [6.45, 7) is 8.06. The number of aryl methyl sites for hydroxylation is 1. The third-order valence-corrected chi connectivity index (χ3v) is 4.70. The van der Waals surface area contributed by atoms with E-state index < -0.39 is 0 Å². The molecule has 6 heteroatoms. The quantitative estimate of drug-likeness (QED) is 0.341. The van der Waals surface area contributed by atoms with Gasteiger partial charge < -0.3 is 20.1 Å². The van der Waals surface area contributed by atoms with Crippen molar-refractivity contribution in [3.8, 4) is 11.5 Å². The van der Waals surface area contributed by atoms with Crippen LogP contribution in [0.25, 0.3) is 0 Å². The molecule has 0 bridgehead atoms. The molecule has 5 nitrogen and oxygen atoms in total. The Morgan fingerprint density at radius 2 is 1.68 bits per heavy atom. The van der Waals surface area contributed by atoms with Crippen LogP contribution >= 0.6 is 24.0 Å². The van der Waals surface area contributed by atoms with Gasteiger partial charge in [-0.25, -0.2) is 0 Å². The van der Waals surface area contributed by atoms with Crippen LogP contribution < -0.4 is 20.1 Å². The summed E-state index contributed by atoms with van der Waals surface area (Å²) in [5.41, 5.74) is 3.73. The van der Waals surface area contributed by atoms with Crippen LogP contribution in [0.3, 0.4) is 0 Å². The van der Waals surface area contributed by atoms with E-state index in [1.807, 2.05) is 18.2 Å². The number of nitrogens with zero attached hydrogens (tertiary/aromatic N) is 1. The van der Waals surface area contributed by atoms with Crippen molar-refractivity contribution in [1.82, 2.24) is 10.6 Å². The number of ether oxygens (including phenoxy) is 2. The first-order valence-corrected chi connectivity index (χ1v) is 9.13. The zero-order chi connectivity index (χ0) is 19.9. The van der Waals surface area contributed by atoms with Crippen LogP contribution in [0, 0.1) is 6.92 Å². The molecule has 2 aromatic rings. The largest absolute Gasteiger partial charge is 0.493 e. The Labute approximate surface area is 186 Å².